The average molecular weight is 263 g/mol. The van der Waals surface area contributed by atoms with Gasteiger partial charge in [-0.1, -0.05) is 0 Å². The van der Waals surface area contributed by atoms with Crippen molar-refractivity contribution in [2.75, 3.05) is 12.4 Å². The molecule has 0 saturated carbocycles. The zero-order valence-corrected chi connectivity index (χ0v) is 9.96. The first kappa shape index (κ1) is 12.7. The van der Waals surface area contributed by atoms with Crippen molar-refractivity contribution in [1.82, 2.24) is 4.98 Å². The number of aromatic nitrogens is 1. The van der Waals surface area contributed by atoms with Crippen LogP contribution in [0.5, 0.6) is 5.75 Å². The van der Waals surface area contributed by atoms with Gasteiger partial charge in [0.2, 0.25) is 0 Å². The Bertz CT molecular complexity index is 602. The molecule has 6 nitrogen and oxygen atoms in total. The van der Waals surface area contributed by atoms with Crippen LogP contribution in [0.2, 0.25) is 0 Å². The lowest BCUT2D eigenvalue weighted by Crippen LogP contribution is -1.96. The Morgan fingerprint density at radius 1 is 1.37 bits per heavy atom. The summed E-state index contributed by atoms with van der Waals surface area (Å²) in [6.45, 7) is 0. The molecule has 98 valence electrons. The molecule has 2 aromatic rings. The van der Waals surface area contributed by atoms with Crippen molar-refractivity contribution < 1.29 is 14.1 Å². The molecule has 0 spiro atoms. The van der Waals surface area contributed by atoms with E-state index in [-0.39, 0.29) is 5.69 Å². The van der Waals surface area contributed by atoms with E-state index in [4.69, 9.17) is 4.74 Å². The van der Waals surface area contributed by atoms with Crippen molar-refractivity contribution in [3.63, 3.8) is 0 Å². The number of nitrogens with zero attached hydrogens (tertiary/aromatic N) is 2. The van der Waals surface area contributed by atoms with E-state index in [0.717, 1.165) is 6.20 Å². The fraction of sp³-hybridized carbons (Fsp3) is 0.0833. The molecular weight excluding hydrogens is 253 g/mol. The molecule has 0 aliphatic heterocycles. The normalized spacial score (nSPS) is 10.0. The van der Waals surface area contributed by atoms with Gasteiger partial charge in [-0.25, -0.2) is 9.37 Å². The average Bonchev–Trinajstić information content (AvgIpc) is 2.38. The molecule has 1 N–H and O–H groups in total. The van der Waals surface area contributed by atoms with E-state index in [9.17, 15) is 14.5 Å². The predicted octanol–water partition coefficient (Wildman–Crippen LogP) is 2.88. The standard InChI is InChI=1S/C12H10FN3O3/c1-19-11-5-8(13)4-9(6-11)15-12-3-2-10(7-14-12)16(17)18/h2-7H,1H3,(H,14,15). The molecular formula is C12H10FN3O3. The Hall–Kier alpha value is -2.70. The highest BCUT2D eigenvalue weighted by Gasteiger charge is 2.06. The summed E-state index contributed by atoms with van der Waals surface area (Å²) in [6.07, 6.45) is 1.12. The summed E-state index contributed by atoms with van der Waals surface area (Å²) in [5.74, 6) is 0.284. The SMILES string of the molecule is COc1cc(F)cc(Nc2ccc([N+](=O)[O-])cn2)c1. The summed E-state index contributed by atoms with van der Waals surface area (Å²) in [6, 6.07) is 6.85. The molecule has 0 saturated heterocycles. The Labute approximate surface area is 108 Å². The maximum absolute atomic E-state index is 13.3. The van der Waals surface area contributed by atoms with Gasteiger partial charge in [0.05, 0.1) is 12.0 Å². The van der Waals surface area contributed by atoms with E-state index in [1.165, 1.54) is 31.4 Å². The smallest absolute Gasteiger partial charge is 0.287 e. The van der Waals surface area contributed by atoms with Crippen LogP contribution in [0, 0.1) is 15.9 Å². The van der Waals surface area contributed by atoms with E-state index in [1.54, 1.807) is 6.07 Å². The van der Waals surface area contributed by atoms with Gasteiger partial charge in [-0.15, -0.1) is 0 Å². The van der Waals surface area contributed by atoms with Crippen molar-refractivity contribution in [3.05, 3.63) is 52.5 Å². The van der Waals surface area contributed by atoms with Crippen molar-refractivity contribution in [2.45, 2.75) is 0 Å². The summed E-state index contributed by atoms with van der Waals surface area (Å²) in [5.41, 5.74) is 0.334. The Morgan fingerprint density at radius 2 is 2.16 bits per heavy atom. The minimum Gasteiger partial charge on any atom is -0.497 e. The second-order valence-corrected chi connectivity index (χ2v) is 3.66. The molecule has 0 aliphatic rings. The number of halogens is 1. The first-order valence-corrected chi connectivity index (χ1v) is 5.30. The fourth-order valence-electron chi connectivity index (χ4n) is 1.47. The van der Waals surface area contributed by atoms with Gasteiger partial charge < -0.3 is 10.1 Å². The van der Waals surface area contributed by atoms with Crippen LogP contribution in [0.3, 0.4) is 0 Å². The van der Waals surface area contributed by atoms with Gasteiger partial charge in [-0.3, -0.25) is 10.1 Å². The number of methoxy groups -OCH3 is 1. The van der Waals surface area contributed by atoms with Crippen LogP contribution in [0.4, 0.5) is 21.6 Å². The molecule has 7 heteroatoms. The van der Waals surface area contributed by atoms with Crippen LogP contribution < -0.4 is 10.1 Å². The van der Waals surface area contributed by atoms with E-state index in [1.807, 2.05) is 0 Å². The number of nitrogens with one attached hydrogen (secondary N) is 1. The highest BCUT2D eigenvalue weighted by atomic mass is 19.1. The summed E-state index contributed by atoms with van der Waals surface area (Å²) >= 11 is 0. The molecule has 0 amide bonds. The van der Waals surface area contributed by atoms with E-state index >= 15 is 0 Å². The highest BCUT2D eigenvalue weighted by molar-refractivity contribution is 5.59. The van der Waals surface area contributed by atoms with Crippen molar-refractivity contribution in [3.8, 4) is 5.75 Å². The first-order chi connectivity index (χ1) is 9.08. The van der Waals surface area contributed by atoms with Crippen LogP contribution in [0.15, 0.2) is 36.5 Å². The molecule has 0 unspecified atom stereocenters. The lowest BCUT2D eigenvalue weighted by molar-refractivity contribution is -0.385. The summed E-state index contributed by atoms with van der Waals surface area (Å²) in [7, 11) is 1.43. The number of ether oxygens (including phenoxy) is 1. The van der Waals surface area contributed by atoms with Crippen molar-refractivity contribution >= 4 is 17.2 Å². The highest BCUT2D eigenvalue weighted by Crippen LogP contribution is 2.23. The van der Waals surface area contributed by atoms with Gasteiger partial charge in [0.15, 0.2) is 0 Å². The molecule has 1 aromatic heterocycles. The Morgan fingerprint density at radius 3 is 2.74 bits per heavy atom. The molecule has 0 aliphatic carbocycles. The largest absolute Gasteiger partial charge is 0.497 e. The van der Waals surface area contributed by atoms with Gasteiger partial charge >= 0.3 is 0 Å². The second kappa shape index (κ2) is 5.30. The number of rotatable bonds is 4. The molecule has 2 rings (SSSR count). The van der Waals surface area contributed by atoms with Gasteiger partial charge in [-0.05, 0) is 12.1 Å². The van der Waals surface area contributed by atoms with Gasteiger partial charge in [0, 0.05) is 23.9 Å². The monoisotopic (exact) mass is 263 g/mol. The third-order valence-corrected chi connectivity index (χ3v) is 2.34. The topological polar surface area (TPSA) is 77.3 Å². The molecule has 0 fully saturated rings. The lowest BCUT2D eigenvalue weighted by atomic mass is 10.3. The maximum Gasteiger partial charge on any atom is 0.287 e. The van der Waals surface area contributed by atoms with Crippen LogP contribution in [0.25, 0.3) is 0 Å². The fourth-order valence-corrected chi connectivity index (χ4v) is 1.47. The summed E-state index contributed by atoms with van der Waals surface area (Å²) < 4.78 is 18.2. The molecule has 0 bridgehead atoms. The number of nitro groups is 1. The number of benzene rings is 1. The summed E-state index contributed by atoms with van der Waals surface area (Å²) in [4.78, 5) is 13.8. The summed E-state index contributed by atoms with van der Waals surface area (Å²) in [5, 5.41) is 13.3. The number of pyridine rings is 1. The van der Waals surface area contributed by atoms with Crippen molar-refractivity contribution in [2.24, 2.45) is 0 Å². The number of hydrogen-bond acceptors (Lipinski definition) is 5. The Kier molecular flexibility index (Phi) is 3.56. The minimum absolute atomic E-state index is 0.109. The lowest BCUT2D eigenvalue weighted by Gasteiger charge is -2.07. The molecule has 19 heavy (non-hydrogen) atoms. The van der Waals surface area contributed by atoms with E-state index < -0.39 is 10.7 Å². The zero-order valence-electron chi connectivity index (χ0n) is 9.96. The number of hydrogen-bond donors (Lipinski definition) is 1. The van der Waals surface area contributed by atoms with E-state index in [0.29, 0.717) is 17.3 Å². The van der Waals surface area contributed by atoms with Gasteiger partial charge in [0.25, 0.3) is 5.69 Å². The predicted molar refractivity (Wildman–Crippen MR) is 67.1 cm³/mol. The third kappa shape index (κ3) is 3.15. The van der Waals surface area contributed by atoms with Crippen LogP contribution in [-0.4, -0.2) is 17.0 Å². The number of anilines is 2. The van der Waals surface area contributed by atoms with Gasteiger partial charge in [-0.2, -0.15) is 0 Å². The quantitative estimate of drug-likeness (QED) is 0.677. The van der Waals surface area contributed by atoms with Crippen LogP contribution in [0.1, 0.15) is 0 Å². The van der Waals surface area contributed by atoms with Crippen LogP contribution >= 0.6 is 0 Å². The maximum atomic E-state index is 13.3. The first-order valence-electron chi connectivity index (χ1n) is 5.30. The van der Waals surface area contributed by atoms with Crippen LogP contribution in [-0.2, 0) is 0 Å². The van der Waals surface area contributed by atoms with Crippen molar-refractivity contribution in [1.29, 1.82) is 0 Å². The van der Waals surface area contributed by atoms with Gasteiger partial charge in [0.1, 0.15) is 23.6 Å². The molecule has 1 heterocycles. The third-order valence-electron chi connectivity index (χ3n) is 2.34. The van der Waals surface area contributed by atoms with E-state index in [2.05, 4.69) is 10.3 Å². The molecule has 0 atom stereocenters. The second-order valence-electron chi connectivity index (χ2n) is 3.66. The Balaban J connectivity index is 2.21. The molecule has 0 radical (unpaired) electrons. The zero-order chi connectivity index (χ0) is 13.8. The molecule has 1 aromatic carbocycles. The minimum atomic E-state index is -0.540.